The van der Waals surface area contributed by atoms with Crippen LogP contribution in [0.25, 0.3) is 0 Å². The van der Waals surface area contributed by atoms with E-state index >= 15 is 0 Å². The molecule has 0 aliphatic carbocycles. The van der Waals surface area contributed by atoms with Crippen molar-refractivity contribution in [3.8, 4) is 0 Å². The molecule has 0 fully saturated rings. The zero-order valence-corrected chi connectivity index (χ0v) is 8.23. The van der Waals surface area contributed by atoms with Gasteiger partial charge in [0.15, 0.2) is 0 Å². The maximum atomic E-state index is 7.23. The largest absolute Gasteiger partial charge is 0.308 e. The first-order valence-corrected chi connectivity index (χ1v) is 4.21. The van der Waals surface area contributed by atoms with Crippen LogP contribution in [0, 0.1) is 17.2 Å². The van der Waals surface area contributed by atoms with Crippen LogP contribution >= 0.6 is 0 Å². The average Bonchev–Trinajstić information content (AvgIpc) is 1.88. The van der Waals surface area contributed by atoms with E-state index in [-0.39, 0.29) is 0 Å². The molecular weight excluding hydrogens is 134 g/mol. The van der Waals surface area contributed by atoms with Gasteiger partial charge in [0.05, 0.1) is 0 Å². The molecule has 0 saturated carbocycles. The van der Waals surface area contributed by atoms with Gasteiger partial charge in [-0.25, -0.2) is 0 Å². The Labute approximate surface area is 70.0 Å². The Kier molecular flexibility index (Phi) is 4.09. The van der Waals surface area contributed by atoms with Crippen LogP contribution in [0.5, 0.6) is 0 Å². The van der Waals surface area contributed by atoms with Gasteiger partial charge in [-0.2, -0.15) is 0 Å². The van der Waals surface area contributed by atoms with Crippen molar-refractivity contribution in [2.45, 2.75) is 34.6 Å². The van der Waals surface area contributed by atoms with E-state index < -0.39 is 0 Å². The molecule has 64 valence electrons. The molecule has 0 unspecified atom stereocenters. The minimum atomic E-state index is 0.481. The predicted molar refractivity (Wildman–Crippen MR) is 51.2 cm³/mol. The van der Waals surface area contributed by atoms with Crippen molar-refractivity contribution < 1.29 is 0 Å². The van der Waals surface area contributed by atoms with E-state index in [0.29, 0.717) is 11.8 Å². The highest BCUT2D eigenvalue weighted by molar-refractivity contribution is 5.77. The number of hydrogen-bond acceptors (Lipinski definition) is 1. The minimum absolute atomic E-state index is 0.481. The number of nitrogens with one attached hydrogen (secondary N) is 1. The summed E-state index contributed by atoms with van der Waals surface area (Å²) in [4.78, 5) is 0. The highest BCUT2D eigenvalue weighted by Crippen LogP contribution is 2.18. The standard InChI is InChI=1S/C10H19N/c1-7(2)9(5)10(6-11)8(3)4/h6-8,11H,1-5H3/b10-9-,11-6?. The number of hydrogen-bond donors (Lipinski definition) is 1. The molecular formula is C10H19N. The van der Waals surface area contributed by atoms with Crippen molar-refractivity contribution in [1.29, 1.82) is 5.41 Å². The first-order chi connectivity index (χ1) is 5.00. The second kappa shape index (κ2) is 4.32. The van der Waals surface area contributed by atoms with E-state index in [1.165, 1.54) is 17.4 Å². The Balaban J connectivity index is 4.68. The van der Waals surface area contributed by atoms with Crippen LogP contribution in [-0.2, 0) is 0 Å². The Hall–Kier alpha value is -0.590. The summed E-state index contributed by atoms with van der Waals surface area (Å²) >= 11 is 0. The molecule has 0 aromatic carbocycles. The van der Waals surface area contributed by atoms with Crippen LogP contribution in [0.3, 0.4) is 0 Å². The van der Waals surface area contributed by atoms with Gasteiger partial charge in [0.1, 0.15) is 0 Å². The molecule has 11 heavy (non-hydrogen) atoms. The van der Waals surface area contributed by atoms with Gasteiger partial charge < -0.3 is 5.41 Å². The molecule has 0 spiro atoms. The van der Waals surface area contributed by atoms with Crippen LogP contribution in [0.4, 0.5) is 0 Å². The van der Waals surface area contributed by atoms with Gasteiger partial charge >= 0.3 is 0 Å². The van der Waals surface area contributed by atoms with Gasteiger partial charge in [-0.1, -0.05) is 33.3 Å². The van der Waals surface area contributed by atoms with Gasteiger partial charge in [0.2, 0.25) is 0 Å². The van der Waals surface area contributed by atoms with E-state index in [0.717, 1.165) is 0 Å². The first kappa shape index (κ1) is 10.4. The second-order valence-corrected chi connectivity index (χ2v) is 3.59. The lowest BCUT2D eigenvalue weighted by molar-refractivity contribution is 0.715. The molecule has 0 radical (unpaired) electrons. The molecule has 0 aromatic rings. The van der Waals surface area contributed by atoms with Crippen molar-refractivity contribution in [2.75, 3.05) is 0 Å². The first-order valence-electron chi connectivity index (χ1n) is 4.21. The average molecular weight is 153 g/mol. The fraction of sp³-hybridized carbons (Fsp3) is 0.700. The second-order valence-electron chi connectivity index (χ2n) is 3.59. The molecule has 0 saturated heterocycles. The Morgan fingerprint density at radius 3 is 1.64 bits per heavy atom. The van der Waals surface area contributed by atoms with Crippen molar-refractivity contribution in [2.24, 2.45) is 11.8 Å². The lowest BCUT2D eigenvalue weighted by Gasteiger charge is -2.13. The molecule has 0 bridgehead atoms. The fourth-order valence-electron chi connectivity index (χ4n) is 1.07. The van der Waals surface area contributed by atoms with Gasteiger partial charge in [0, 0.05) is 6.21 Å². The summed E-state index contributed by atoms with van der Waals surface area (Å²) in [5, 5.41) is 7.23. The lowest BCUT2D eigenvalue weighted by atomic mass is 9.93. The third-order valence-electron chi connectivity index (χ3n) is 2.10. The molecule has 1 N–H and O–H groups in total. The van der Waals surface area contributed by atoms with E-state index in [1.807, 2.05) is 0 Å². The maximum Gasteiger partial charge on any atom is 0.0211 e. The summed E-state index contributed by atoms with van der Waals surface area (Å²) in [6, 6.07) is 0. The van der Waals surface area contributed by atoms with Gasteiger partial charge in [-0.3, -0.25) is 0 Å². The lowest BCUT2D eigenvalue weighted by Crippen LogP contribution is -2.02. The van der Waals surface area contributed by atoms with Crippen LogP contribution in [0.1, 0.15) is 34.6 Å². The van der Waals surface area contributed by atoms with Crippen LogP contribution in [0.2, 0.25) is 0 Å². The van der Waals surface area contributed by atoms with Crippen LogP contribution in [-0.4, -0.2) is 6.21 Å². The molecule has 0 aromatic heterocycles. The summed E-state index contributed by atoms with van der Waals surface area (Å²) in [5.41, 5.74) is 2.52. The third kappa shape index (κ3) is 2.87. The quantitative estimate of drug-likeness (QED) is 0.602. The van der Waals surface area contributed by atoms with Crippen molar-refractivity contribution in [3.63, 3.8) is 0 Å². The monoisotopic (exact) mass is 153 g/mol. The highest BCUT2D eigenvalue weighted by atomic mass is 14.3. The Morgan fingerprint density at radius 1 is 1.09 bits per heavy atom. The molecule has 0 rings (SSSR count). The van der Waals surface area contributed by atoms with E-state index in [4.69, 9.17) is 5.41 Å². The predicted octanol–water partition coefficient (Wildman–Crippen LogP) is 3.26. The molecule has 0 aliphatic rings. The Bertz CT molecular complexity index is 164. The summed E-state index contributed by atoms with van der Waals surface area (Å²) < 4.78 is 0. The number of allylic oxidation sites excluding steroid dienone is 2. The van der Waals surface area contributed by atoms with Crippen LogP contribution < -0.4 is 0 Å². The van der Waals surface area contributed by atoms with E-state index in [9.17, 15) is 0 Å². The number of rotatable bonds is 3. The van der Waals surface area contributed by atoms with Gasteiger partial charge in [-0.05, 0) is 24.3 Å². The molecule has 0 aliphatic heterocycles. The minimum Gasteiger partial charge on any atom is -0.308 e. The van der Waals surface area contributed by atoms with E-state index in [1.54, 1.807) is 0 Å². The van der Waals surface area contributed by atoms with Gasteiger partial charge in [-0.15, -0.1) is 0 Å². The van der Waals surface area contributed by atoms with Crippen LogP contribution in [0.15, 0.2) is 11.1 Å². The summed E-state index contributed by atoms with van der Waals surface area (Å²) in [7, 11) is 0. The normalized spacial score (nSPS) is 13.7. The molecule has 1 nitrogen and oxygen atoms in total. The van der Waals surface area contributed by atoms with E-state index in [2.05, 4.69) is 34.6 Å². The maximum absolute atomic E-state index is 7.23. The zero-order valence-electron chi connectivity index (χ0n) is 8.23. The molecule has 0 amide bonds. The Morgan fingerprint density at radius 2 is 1.55 bits per heavy atom. The molecule has 1 heteroatoms. The SMILES string of the molecule is C/C(=C(\C=N)C(C)C)C(C)C. The smallest absolute Gasteiger partial charge is 0.0211 e. The molecule has 0 atom stereocenters. The topological polar surface area (TPSA) is 23.9 Å². The highest BCUT2D eigenvalue weighted by Gasteiger charge is 2.06. The van der Waals surface area contributed by atoms with Crippen molar-refractivity contribution in [3.05, 3.63) is 11.1 Å². The van der Waals surface area contributed by atoms with Crippen molar-refractivity contribution >= 4 is 6.21 Å². The summed E-state index contributed by atoms with van der Waals surface area (Å²) in [6.07, 6.45) is 1.49. The summed E-state index contributed by atoms with van der Waals surface area (Å²) in [5.74, 6) is 1.05. The van der Waals surface area contributed by atoms with Gasteiger partial charge in [0.25, 0.3) is 0 Å². The summed E-state index contributed by atoms with van der Waals surface area (Å²) in [6.45, 7) is 10.7. The zero-order chi connectivity index (χ0) is 9.02. The van der Waals surface area contributed by atoms with Crippen molar-refractivity contribution in [1.82, 2.24) is 0 Å². The molecule has 0 heterocycles. The fourth-order valence-corrected chi connectivity index (χ4v) is 1.07. The third-order valence-corrected chi connectivity index (χ3v) is 2.10.